The van der Waals surface area contributed by atoms with Crippen molar-refractivity contribution in [3.63, 3.8) is 0 Å². The van der Waals surface area contributed by atoms with E-state index >= 15 is 0 Å². The van der Waals surface area contributed by atoms with Crippen LogP contribution >= 0.6 is 11.6 Å². The average Bonchev–Trinajstić information content (AvgIpc) is 3.30. The molecular weight excluding hydrogens is 647 g/mol. The zero-order valence-corrected chi connectivity index (χ0v) is 27.2. The van der Waals surface area contributed by atoms with Gasteiger partial charge < -0.3 is 15.4 Å². The molecule has 0 radical (unpaired) electrons. The molecule has 1 heterocycles. The molecule has 3 aromatic carbocycles. The van der Waals surface area contributed by atoms with E-state index in [0.717, 1.165) is 17.2 Å². The van der Waals surface area contributed by atoms with Crippen molar-refractivity contribution in [3.05, 3.63) is 88.2 Å². The third kappa shape index (κ3) is 8.49. The van der Waals surface area contributed by atoms with Crippen molar-refractivity contribution in [2.75, 3.05) is 6.54 Å². The highest BCUT2D eigenvalue weighted by atomic mass is 35.5. The number of hydrogen-bond acceptors (Lipinski definition) is 6. The molecule has 3 amide bonds. The van der Waals surface area contributed by atoms with Gasteiger partial charge in [-0.05, 0) is 83.0 Å². The maximum atomic E-state index is 13.6. The van der Waals surface area contributed by atoms with E-state index in [1.54, 1.807) is 68.7 Å². The summed E-state index contributed by atoms with van der Waals surface area (Å²) in [4.78, 5) is 29.1. The Hall–Kier alpha value is -4.30. The fraction of sp³-hybridized carbons (Fsp3) is 0.323. The lowest BCUT2D eigenvalue weighted by atomic mass is 10.1. The van der Waals surface area contributed by atoms with Crippen LogP contribution in [0.15, 0.2) is 65.6 Å². The summed E-state index contributed by atoms with van der Waals surface area (Å²) in [5.74, 6) is 0.233. The fourth-order valence-electron chi connectivity index (χ4n) is 4.51. The first-order valence-electron chi connectivity index (χ1n) is 14.1. The quantitative estimate of drug-likeness (QED) is 0.187. The number of aryl methyl sites for hydroxylation is 1. The van der Waals surface area contributed by atoms with Crippen molar-refractivity contribution in [2.45, 2.75) is 63.8 Å². The molecule has 3 N–H and O–H groups in total. The predicted octanol–water partition coefficient (Wildman–Crippen LogP) is 6.82. The van der Waals surface area contributed by atoms with Crippen LogP contribution in [0.25, 0.3) is 16.7 Å². The Morgan fingerprint density at radius 1 is 1.02 bits per heavy atom. The van der Waals surface area contributed by atoms with Crippen LogP contribution in [0.1, 0.15) is 56.3 Å². The molecule has 15 heteroatoms. The number of amides is 3. The molecule has 1 atom stereocenters. The molecule has 10 nitrogen and oxygen atoms in total. The Balaban J connectivity index is 1.54. The lowest BCUT2D eigenvalue weighted by Crippen LogP contribution is -2.40. The summed E-state index contributed by atoms with van der Waals surface area (Å²) in [6.07, 6.45) is -5.09. The Bertz CT molecular complexity index is 1850. The number of ether oxygens (including phenoxy) is 1. The van der Waals surface area contributed by atoms with E-state index in [-0.39, 0.29) is 28.3 Å². The average molecular weight is 680 g/mol. The van der Waals surface area contributed by atoms with Crippen LogP contribution in [0.5, 0.6) is 0 Å². The van der Waals surface area contributed by atoms with Gasteiger partial charge in [0, 0.05) is 12.2 Å². The number of benzene rings is 3. The summed E-state index contributed by atoms with van der Waals surface area (Å²) in [6, 6.07) is 13.3. The number of sulfonamides is 1. The third-order valence-corrected chi connectivity index (χ3v) is 8.31. The van der Waals surface area contributed by atoms with Crippen molar-refractivity contribution >= 4 is 44.8 Å². The van der Waals surface area contributed by atoms with Gasteiger partial charge in [-0.15, -0.1) is 0 Å². The summed E-state index contributed by atoms with van der Waals surface area (Å²) < 4.78 is 74.6. The van der Waals surface area contributed by atoms with Crippen molar-refractivity contribution in [3.8, 4) is 5.69 Å². The number of nitrogens with zero attached hydrogens (tertiary/aromatic N) is 2. The summed E-state index contributed by atoms with van der Waals surface area (Å²) in [7, 11) is -4.04. The number of carbonyl (C=O) groups is 2. The van der Waals surface area contributed by atoms with Crippen molar-refractivity contribution < 1.29 is 35.9 Å². The van der Waals surface area contributed by atoms with Gasteiger partial charge in [-0.3, -0.25) is 4.57 Å². The van der Waals surface area contributed by atoms with E-state index in [9.17, 15) is 31.2 Å². The normalized spacial score (nSPS) is 12.9. The van der Waals surface area contributed by atoms with Crippen LogP contribution in [0.3, 0.4) is 0 Å². The second-order valence-electron chi connectivity index (χ2n) is 11.6. The Labute approximate surface area is 269 Å². The summed E-state index contributed by atoms with van der Waals surface area (Å²) in [6.45, 7) is 8.64. The van der Waals surface area contributed by atoms with E-state index < -0.39 is 50.6 Å². The van der Waals surface area contributed by atoms with Crippen molar-refractivity contribution in [2.24, 2.45) is 0 Å². The molecule has 4 rings (SSSR count). The molecule has 0 bridgehead atoms. The van der Waals surface area contributed by atoms with Gasteiger partial charge in [0.25, 0.3) is 10.0 Å². The van der Waals surface area contributed by atoms with Crippen LogP contribution in [0.2, 0.25) is 5.02 Å². The zero-order chi connectivity index (χ0) is 34.0. The number of nitrogens with one attached hydrogen (secondary N) is 3. The molecule has 1 aromatic heterocycles. The van der Waals surface area contributed by atoms with Gasteiger partial charge in [-0.1, -0.05) is 41.4 Å². The van der Waals surface area contributed by atoms with Crippen LogP contribution < -0.4 is 15.4 Å². The first kappa shape index (κ1) is 34.6. The lowest BCUT2D eigenvalue weighted by molar-refractivity contribution is -0.137. The Kier molecular flexibility index (Phi) is 9.92. The van der Waals surface area contributed by atoms with Gasteiger partial charge in [-0.25, -0.2) is 27.7 Å². The van der Waals surface area contributed by atoms with Crippen molar-refractivity contribution in [1.82, 2.24) is 24.9 Å². The maximum Gasteiger partial charge on any atom is 0.417 e. The SMILES string of the molecule is Cc1ccc(S(=O)(=O)NC(=O)NCCc2ccc(-n3c(C(C)NC(=O)OC(C)(C)C)nc4cc(C(F)(F)F)c(Cl)cc43)cc2)cc1. The van der Waals surface area contributed by atoms with Crippen LogP contribution in [-0.2, 0) is 27.4 Å². The molecule has 4 aromatic rings. The smallest absolute Gasteiger partial charge is 0.417 e. The first-order valence-corrected chi connectivity index (χ1v) is 16.0. The molecule has 0 saturated carbocycles. The van der Waals surface area contributed by atoms with E-state index in [1.807, 2.05) is 11.6 Å². The van der Waals surface area contributed by atoms with Crippen LogP contribution in [-0.4, -0.2) is 42.2 Å². The predicted molar refractivity (Wildman–Crippen MR) is 167 cm³/mol. The summed E-state index contributed by atoms with van der Waals surface area (Å²) >= 11 is 6.05. The molecule has 0 aliphatic heterocycles. The highest BCUT2D eigenvalue weighted by molar-refractivity contribution is 7.90. The number of aromatic nitrogens is 2. The fourth-order valence-corrected chi connectivity index (χ4v) is 5.70. The molecule has 246 valence electrons. The van der Waals surface area contributed by atoms with E-state index in [4.69, 9.17) is 16.3 Å². The zero-order valence-electron chi connectivity index (χ0n) is 25.6. The number of alkyl carbamates (subject to hydrolysis) is 1. The second kappa shape index (κ2) is 13.2. The molecule has 0 aliphatic rings. The number of carbonyl (C=O) groups excluding carboxylic acids is 2. The highest BCUT2D eigenvalue weighted by Crippen LogP contribution is 2.38. The van der Waals surface area contributed by atoms with Gasteiger partial charge in [0.15, 0.2) is 0 Å². The van der Waals surface area contributed by atoms with Crippen LogP contribution in [0, 0.1) is 6.92 Å². The molecule has 1 unspecified atom stereocenters. The van der Waals surface area contributed by atoms with Gasteiger partial charge >= 0.3 is 18.3 Å². The molecule has 0 aliphatic carbocycles. The first-order chi connectivity index (χ1) is 21.3. The Morgan fingerprint density at radius 2 is 1.65 bits per heavy atom. The number of hydrogen-bond donors (Lipinski definition) is 3. The van der Waals surface area contributed by atoms with E-state index in [1.165, 1.54) is 18.2 Å². The van der Waals surface area contributed by atoms with E-state index in [0.29, 0.717) is 12.1 Å². The molecule has 0 spiro atoms. The Morgan fingerprint density at radius 3 is 2.24 bits per heavy atom. The number of fused-ring (bicyclic) bond motifs is 1. The minimum Gasteiger partial charge on any atom is -0.444 e. The van der Waals surface area contributed by atoms with E-state index in [2.05, 4.69) is 15.6 Å². The summed E-state index contributed by atoms with van der Waals surface area (Å²) in [5, 5.41) is 4.68. The largest absolute Gasteiger partial charge is 0.444 e. The van der Waals surface area contributed by atoms with Gasteiger partial charge in [0.2, 0.25) is 0 Å². The number of urea groups is 1. The number of halogens is 4. The topological polar surface area (TPSA) is 131 Å². The molecule has 0 fully saturated rings. The van der Waals surface area contributed by atoms with Gasteiger partial charge in [0.05, 0.1) is 32.6 Å². The monoisotopic (exact) mass is 679 g/mol. The highest BCUT2D eigenvalue weighted by Gasteiger charge is 2.34. The minimum atomic E-state index is -4.70. The third-order valence-electron chi connectivity index (χ3n) is 6.65. The standard InChI is InChI=1S/C31H33ClF3N5O5S/c1-18-6-12-22(13-7-18)46(43,44)39-28(41)36-15-14-20-8-10-21(11-9-20)40-26-17-24(32)23(31(33,34)35)16-25(26)38-27(40)19(2)37-29(42)45-30(3,4)5/h6-13,16-17,19H,14-15H2,1-5H3,(H,37,42)(H2,36,39,41). The summed E-state index contributed by atoms with van der Waals surface area (Å²) in [5.41, 5.74) is 0.650. The number of imidazole rings is 1. The number of alkyl halides is 3. The second-order valence-corrected chi connectivity index (χ2v) is 13.7. The van der Waals surface area contributed by atoms with Crippen molar-refractivity contribution in [1.29, 1.82) is 0 Å². The lowest BCUT2D eigenvalue weighted by Gasteiger charge is -2.22. The molecule has 0 saturated heterocycles. The van der Waals surface area contributed by atoms with Gasteiger partial charge in [-0.2, -0.15) is 13.2 Å². The molecule has 46 heavy (non-hydrogen) atoms. The minimum absolute atomic E-state index is 0.0180. The maximum absolute atomic E-state index is 13.6. The number of rotatable bonds is 8. The molecular formula is C31H33ClF3N5O5S. The van der Waals surface area contributed by atoms with Crippen LogP contribution in [0.4, 0.5) is 22.8 Å². The van der Waals surface area contributed by atoms with Gasteiger partial charge in [0.1, 0.15) is 11.4 Å².